The Balaban J connectivity index is 2.86. The lowest BCUT2D eigenvalue weighted by Gasteiger charge is -2.16. The number of carboxylic acids is 1. The van der Waals surface area contributed by atoms with Crippen molar-refractivity contribution in [3.05, 3.63) is 46.2 Å². The number of rotatable bonds is 4. The van der Waals surface area contributed by atoms with Crippen LogP contribution in [0.15, 0.2) is 24.3 Å². The van der Waals surface area contributed by atoms with Gasteiger partial charge in [0.05, 0.1) is 0 Å². The van der Waals surface area contributed by atoms with Crippen LogP contribution in [0.1, 0.15) is 35.6 Å². The molecule has 24 heavy (non-hydrogen) atoms. The smallest absolute Gasteiger partial charge is 0.431 e. The van der Waals surface area contributed by atoms with Crippen LogP contribution in [0, 0.1) is 12.8 Å². The first-order valence-electron chi connectivity index (χ1n) is 7.33. The summed E-state index contributed by atoms with van der Waals surface area (Å²) in [4.78, 5) is 11.7. The minimum atomic E-state index is -4.64. The van der Waals surface area contributed by atoms with E-state index < -0.39 is 17.8 Å². The van der Waals surface area contributed by atoms with Gasteiger partial charge in [0.15, 0.2) is 0 Å². The second-order valence-corrected chi connectivity index (χ2v) is 6.45. The number of alkyl halides is 3. The van der Waals surface area contributed by atoms with E-state index in [1.54, 1.807) is 13.8 Å². The molecule has 1 aromatic carbocycles. The molecular weight excluding hydrogens is 343 g/mol. The molecule has 1 heterocycles. The minimum Gasteiger partial charge on any atom is -0.477 e. The average Bonchev–Trinajstić information content (AvgIpc) is 2.71. The van der Waals surface area contributed by atoms with Crippen molar-refractivity contribution < 1.29 is 23.1 Å². The summed E-state index contributed by atoms with van der Waals surface area (Å²) in [6.07, 6.45) is -4.64. The highest BCUT2D eigenvalue weighted by Gasteiger charge is 2.41. The van der Waals surface area contributed by atoms with Crippen molar-refractivity contribution in [1.82, 2.24) is 4.57 Å². The average molecular weight is 360 g/mol. The molecule has 7 heteroatoms. The molecule has 0 saturated heterocycles. The third-order valence-corrected chi connectivity index (χ3v) is 3.91. The summed E-state index contributed by atoms with van der Waals surface area (Å²) in [6, 6.07) is 6.10. The molecule has 0 spiro atoms. The van der Waals surface area contributed by atoms with Gasteiger partial charge in [0.1, 0.15) is 11.4 Å². The summed E-state index contributed by atoms with van der Waals surface area (Å²) in [6.45, 7) is 4.74. The number of halogens is 4. The zero-order valence-corrected chi connectivity index (χ0v) is 14.2. The van der Waals surface area contributed by atoms with Gasteiger partial charge in [-0.3, -0.25) is 0 Å². The Kier molecular flexibility index (Phi) is 4.99. The summed E-state index contributed by atoms with van der Waals surface area (Å²) in [5, 5.41) is 9.99. The fourth-order valence-electron chi connectivity index (χ4n) is 2.85. The molecule has 0 radical (unpaired) electrons. The number of carboxylic acid groups (broad SMARTS) is 1. The number of benzene rings is 1. The lowest BCUT2D eigenvalue weighted by molar-refractivity contribution is -0.144. The van der Waals surface area contributed by atoms with Crippen molar-refractivity contribution in [3.63, 3.8) is 0 Å². The van der Waals surface area contributed by atoms with Gasteiger partial charge >= 0.3 is 12.1 Å². The highest BCUT2D eigenvalue weighted by atomic mass is 35.5. The van der Waals surface area contributed by atoms with Crippen LogP contribution in [0.2, 0.25) is 5.02 Å². The van der Waals surface area contributed by atoms with Crippen LogP contribution in [0.5, 0.6) is 0 Å². The maximum atomic E-state index is 13.6. The number of aromatic carboxylic acids is 1. The van der Waals surface area contributed by atoms with Crippen LogP contribution in [0.25, 0.3) is 11.1 Å². The zero-order valence-electron chi connectivity index (χ0n) is 13.4. The number of aromatic nitrogens is 1. The highest BCUT2D eigenvalue weighted by molar-refractivity contribution is 6.30. The topological polar surface area (TPSA) is 42.2 Å². The summed E-state index contributed by atoms with van der Waals surface area (Å²) < 4.78 is 41.6. The van der Waals surface area contributed by atoms with Crippen molar-refractivity contribution in [2.24, 2.45) is 5.92 Å². The predicted octanol–water partition coefficient (Wildman–Crippen LogP) is 5.49. The Morgan fingerprint density at radius 3 is 2.21 bits per heavy atom. The fraction of sp³-hybridized carbons (Fsp3) is 0.353. The second-order valence-electron chi connectivity index (χ2n) is 6.01. The molecule has 0 fully saturated rings. The molecular formula is C17H17ClF3NO2. The standard InChI is InChI=1S/C17H17ClF3NO2/c1-9(2)8-22-14(16(23)24)13(10(3)15(22)17(19,20)21)11-4-6-12(18)7-5-11/h4-7,9H,8H2,1-3H3,(H,23,24). The van der Waals surface area contributed by atoms with Crippen LogP contribution in [-0.2, 0) is 12.7 Å². The fourth-order valence-corrected chi connectivity index (χ4v) is 2.98. The van der Waals surface area contributed by atoms with Crippen LogP contribution in [-0.4, -0.2) is 15.6 Å². The number of hydrogen-bond acceptors (Lipinski definition) is 1. The van der Waals surface area contributed by atoms with Crippen LogP contribution in [0.3, 0.4) is 0 Å². The molecule has 1 N–H and O–H groups in total. The maximum absolute atomic E-state index is 13.6. The predicted molar refractivity (Wildman–Crippen MR) is 86.4 cm³/mol. The van der Waals surface area contributed by atoms with E-state index in [0.29, 0.717) is 10.6 Å². The van der Waals surface area contributed by atoms with E-state index >= 15 is 0 Å². The van der Waals surface area contributed by atoms with Crippen molar-refractivity contribution in [2.75, 3.05) is 0 Å². The molecule has 2 aromatic rings. The molecule has 3 nitrogen and oxygen atoms in total. The van der Waals surface area contributed by atoms with Gasteiger partial charge in [0, 0.05) is 17.1 Å². The summed E-state index contributed by atoms with van der Waals surface area (Å²) >= 11 is 5.82. The Labute approximate surface area is 142 Å². The molecule has 2 rings (SSSR count). The Morgan fingerprint density at radius 1 is 1.25 bits per heavy atom. The number of hydrogen-bond donors (Lipinski definition) is 1. The Hall–Kier alpha value is -1.95. The third kappa shape index (κ3) is 3.43. The first-order chi connectivity index (χ1) is 11.0. The van der Waals surface area contributed by atoms with Gasteiger partial charge in [-0.1, -0.05) is 37.6 Å². The van der Waals surface area contributed by atoms with Gasteiger partial charge in [-0.25, -0.2) is 4.79 Å². The van der Waals surface area contributed by atoms with E-state index in [1.165, 1.54) is 31.2 Å². The Morgan fingerprint density at radius 2 is 1.79 bits per heavy atom. The summed E-state index contributed by atoms with van der Waals surface area (Å²) in [5.74, 6) is -1.53. The van der Waals surface area contributed by atoms with Gasteiger partial charge < -0.3 is 9.67 Å². The molecule has 0 amide bonds. The molecule has 0 aliphatic rings. The second kappa shape index (κ2) is 6.51. The summed E-state index contributed by atoms with van der Waals surface area (Å²) in [5.41, 5.74) is -0.897. The molecule has 130 valence electrons. The first kappa shape index (κ1) is 18.4. The van der Waals surface area contributed by atoms with E-state index in [2.05, 4.69) is 0 Å². The van der Waals surface area contributed by atoms with Crippen LogP contribution < -0.4 is 0 Å². The van der Waals surface area contributed by atoms with E-state index in [4.69, 9.17) is 11.6 Å². The van der Waals surface area contributed by atoms with E-state index in [0.717, 1.165) is 4.57 Å². The van der Waals surface area contributed by atoms with Gasteiger partial charge in [0.25, 0.3) is 0 Å². The van der Waals surface area contributed by atoms with Gasteiger partial charge in [-0.15, -0.1) is 0 Å². The van der Waals surface area contributed by atoms with Gasteiger partial charge in [-0.05, 0) is 36.1 Å². The molecule has 0 atom stereocenters. The Bertz CT molecular complexity index is 762. The van der Waals surface area contributed by atoms with Crippen LogP contribution >= 0.6 is 11.6 Å². The lowest BCUT2D eigenvalue weighted by Crippen LogP contribution is -2.20. The SMILES string of the molecule is Cc1c(-c2ccc(Cl)cc2)c(C(=O)O)n(CC(C)C)c1C(F)(F)F. The molecule has 0 unspecified atom stereocenters. The van der Waals surface area contributed by atoms with Crippen molar-refractivity contribution >= 4 is 17.6 Å². The lowest BCUT2D eigenvalue weighted by atomic mass is 10.0. The van der Waals surface area contributed by atoms with Crippen molar-refractivity contribution in [3.8, 4) is 11.1 Å². The highest BCUT2D eigenvalue weighted by Crippen LogP contribution is 2.41. The zero-order chi connectivity index (χ0) is 18.2. The molecule has 0 saturated carbocycles. The first-order valence-corrected chi connectivity index (χ1v) is 7.71. The summed E-state index contributed by atoms with van der Waals surface area (Å²) in [7, 11) is 0. The van der Waals surface area contributed by atoms with Crippen LogP contribution in [0.4, 0.5) is 13.2 Å². The quantitative estimate of drug-likeness (QED) is 0.784. The molecule has 0 bridgehead atoms. The molecule has 1 aromatic heterocycles. The van der Waals surface area contributed by atoms with Gasteiger partial charge in [-0.2, -0.15) is 13.2 Å². The normalized spacial score (nSPS) is 12.0. The van der Waals surface area contributed by atoms with Crippen molar-refractivity contribution in [1.29, 1.82) is 0 Å². The third-order valence-electron chi connectivity index (χ3n) is 3.66. The number of nitrogens with zero attached hydrogens (tertiary/aromatic N) is 1. The largest absolute Gasteiger partial charge is 0.477 e. The van der Waals surface area contributed by atoms with E-state index in [1.807, 2.05) is 0 Å². The van der Waals surface area contributed by atoms with Crippen molar-refractivity contribution in [2.45, 2.75) is 33.5 Å². The van der Waals surface area contributed by atoms with E-state index in [9.17, 15) is 23.1 Å². The van der Waals surface area contributed by atoms with Gasteiger partial charge in [0.2, 0.25) is 0 Å². The number of carbonyl (C=O) groups is 1. The minimum absolute atomic E-state index is 0.0368. The maximum Gasteiger partial charge on any atom is 0.431 e. The van der Waals surface area contributed by atoms with E-state index in [-0.39, 0.29) is 29.3 Å². The molecule has 0 aliphatic heterocycles. The molecule has 0 aliphatic carbocycles. The monoisotopic (exact) mass is 359 g/mol.